The summed E-state index contributed by atoms with van der Waals surface area (Å²) in [4.78, 5) is 0. The summed E-state index contributed by atoms with van der Waals surface area (Å²) in [5.41, 5.74) is 0. The van der Waals surface area contributed by atoms with Gasteiger partial charge in [-0.15, -0.1) is 0 Å². The maximum Gasteiger partial charge on any atom is 0.184 e. The van der Waals surface area contributed by atoms with Gasteiger partial charge < -0.3 is 30.3 Å². The molecule has 0 aromatic heterocycles. The Hall–Kier alpha value is -0.240. The molecule has 12 heavy (non-hydrogen) atoms. The van der Waals surface area contributed by atoms with Crippen LogP contribution < -0.4 is 0 Å². The highest BCUT2D eigenvalue weighted by atomic mass is 16.6. The molecule has 1 saturated heterocycles. The Bertz CT molecular complexity index is 151. The Morgan fingerprint density at radius 2 is 1.75 bits per heavy atom. The fourth-order valence-electron chi connectivity index (χ4n) is 1.11. The zero-order chi connectivity index (χ0) is 9.30. The van der Waals surface area contributed by atoms with Crippen molar-refractivity contribution in [2.24, 2.45) is 0 Å². The zero-order valence-corrected chi connectivity index (χ0v) is 6.24. The van der Waals surface area contributed by atoms with Crippen LogP contribution in [0.5, 0.6) is 0 Å². The van der Waals surface area contributed by atoms with Gasteiger partial charge in [-0.25, -0.2) is 0 Å². The topological polar surface area (TPSA) is 110 Å². The third kappa shape index (κ3) is 1.58. The van der Waals surface area contributed by atoms with Crippen molar-refractivity contribution in [2.75, 3.05) is 6.61 Å². The first-order valence-electron chi connectivity index (χ1n) is 3.56. The molecule has 6 nitrogen and oxygen atoms in total. The number of rotatable bonds is 2. The fourth-order valence-corrected chi connectivity index (χ4v) is 1.11. The van der Waals surface area contributed by atoms with Gasteiger partial charge in [0.05, 0.1) is 6.61 Å². The highest BCUT2D eigenvalue weighted by molar-refractivity contribution is 4.89. The van der Waals surface area contributed by atoms with E-state index in [0.717, 1.165) is 0 Å². The van der Waals surface area contributed by atoms with Crippen LogP contribution in [0, 0.1) is 0 Å². The molecule has 5 N–H and O–H groups in total. The zero-order valence-electron chi connectivity index (χ0n) is 6.24. The number of aliphatic hydroxyl groups is 5. The Labute approximate surface area is 68.6 Å². The van der Waals surface area contributed by atoms with E-state index in [9.17, 15) is 0 Å². The van der Waals surface area contributed by atoms with Gasteiger partial charge in [0.2, 0.25) is 0 Å². The number of hydrogen-bond donors (Lipinski definition) is 5. The Morgan fingerprint density at radius 3 is 2.08 bits per heavy atom. The van der Waals surface area contributed by atoms with Gasteiger partial charge in [-0.05, 0) is 0 Å². The minimum Gasteiger partial charge on any atom is -0.394 e. The van der Waals surface area contributed by atoms with Crippen molar-refractivity contribution in [2.45, 2.75) is 30.7 Å². The van der Waals surface area contributed by atoms with E-state index in [1.165, 1.54) is 0 Å². The van der Waals surface area contributed by atoms with Gasteiger partial charge in [-0.1, -0.05) is 0 Å². The minimum absolute atomic E-state index is 0.596. The summed E-state index contributed by atoms with van der Waals surface area (Å²) in [6.07, 6.45) is -6.75. The minimum atomic E-state index is -1.51. The molecule has 6 heteroatoms. The van der Waals surface area contributed by atoms with E-state index in [1.54, 1.807) is 0 Å². The van der Waals surface area contributed by atoms with Gasteiger partial charge in [0.25, 0.3) is 0 Å². The Kier molecular flexibility index (Phi) is 2.99. The van der Waals surface area contributed by atoms with Gasteiger partial charge in [-0.3, -0.25) is 0 Å². The summed E-state index contributed by atoms with van der Waals surface area (Å²) in [5, 5.41) is 44.4. The van der Waals surface area contributed by atoms with Crippen molar-refractivity contribution >= 4 is 0 Å². The van der Waals surface area contributed by atoms with Crippen LogP contribution in [0.25, 0.3) is 0 Å². The molecule has 1 heterocycles. The predicted molar refractivity (Wildman–Crippen MR) is 36.0 cm³/mol. The predicted octanol–water partition coefficient (Wildman–Crippen LogP) is -3.22. The van der Waals surface area contributed by atoms with Crippen LogP contribution in [-0.2, 0) is 4.74 Å². The largest absolute Gasteiger partial charge is 0.394 e. The first-order chi connectivity index (χ1) is 5.57. The number of hydrogen-bond acceptors (Lipinski definition) is 6. The average Bonchev–Trinajstić information content (AvgIpc) is 2.32. The molecule has 72 valence electrons. The first-order valence-corrected chi connectivity index (χ1v) is 3.56. The molecule has 1 aliphatic heterocycles. The molecule has 1 aliphatic rings. The standard InChI is InChI=1S/C6H12O6/c7-1-2(8)5-3(9)4(10)6(11)12-5/h2-11H,1H2/t2?,3-,4?,5-,6?/m0/s1. The molecule has 3 unspecified atom stereocenters. The molecule has 0 spiro atoms. The van der Waals surface area contributed by atoms with Crippen LogP contribution in [0.3, 0.4) is 0 Å². The van der Waals surface area contributed by atoms with Crippen LogP contribution in [0.4, 0.5) is 0 Å². The highest BCUT2D eigenvalue weighted by Gasteiger charge is 2.44. The van der Waals surface area contributed by atoms with Gasteiger partial charge >= 0.3 is 0 Å². The molecular formula is C6H12O6. The lowest BCUT2D eigenvalue weighted by atomic mass is 10.1. The Morgan fingerprint density at radius 1 is 1.17 bits per heavy atom. The summed E-state index contributed by atoms with van der Waals surface area (Å²) >= 11 is 0. The quantitative estimate of drug-likeness (QED) is 0.306. The van der Waals surface area contributed by atoms with Crippen LogP contribution in [0.15, 0.2) is 0 Å². The second kappa shape index (κ2) is 3.65. The summed E-state index contributed by atoms with van der Waals surface area (Å²) in [6, 6.07) is 0. The molecule has 0 bridgehead atoms. The van der Waals surface area contributed by atoms with E-state index in [0.29, 0.717) is 0 Å². The van der Waals surface area contributed by atoms with Gasteiger partial charge in [0.1, 0.15) is 24.4 Å². The molecular weight excluding hydrogens is 168 g/mol. The SMILES string of the molecule is OCC(O)[C@@H]1OC(O)C(O)[C@@H]1O. The maximum atomic E-state index is 9.12. The molecule has 0 aromatic rings. The lowest BCUT2D eigenvalue weighted by Gasteiger charge is -2.18. The summed E-state index contributed by atoms with van der Waals surface area (Å²) in [7, 11) is 0. The normalized spacial score (nSPS) is 44.8. The lowest BCUT2D eigenvalue weighted by Crippen LogP contribution is -2.40. The van der Waals surface area contributed by atoms with Crippen LogP contribution in [0.1, 0.15) is 0 Å². The molecule has 0 aromatic carbocycles. The van der Waals surface area contributed by atoms with Crippen molar-refractivity contribution in [3.63, 3.8) is 0 Å². The van der Waals surface area contributed by atoms with Crippen LogP contribution in [-0.4, -0.2) is 62.8 Å². The van der Waals surface area contributed by atoms with Crippen molar-refractivity contribution in [3.05, 3.63) is 0 Å². The van der Waals surface area contributed by atoms with E-state index in [1.807, 2.05) is 0 Å². The molecule has 1 rings (SSSR count). The van der Waals surface area contributed by atoms with Gasteiger partial charge in [0.15, 0.2) is 6.29 Å². The second-order valence-corrected chi connectivity index (χ2v) is 2.72. The van der Waals surface area contributed by atoms with Gasteiger partial charge in [0, 0.05) is 0 Å². The van der Waals surface area contributed by atoms with Crippen LogP contribution in [0.2, 0.25) is 0 Å². The summed E-state index contributed by atoms with van der Waals surface area (Å²) in [5.74, 6) is 0. The molecule has 0 radical (unpaired) electrons. The number of ether oxygens (including phenoxy) is 1. The van der Waals surface area contributed by atoms with E-state index in [4.69, 9.17) is 25.5 Å². The number of aliphatic hydroxyl groups excluding tert-OH is 5. The average molecular weight is 180 g/mol. The van der Waals surface area contributed by atoms with Crippen molar-refractivity contribution in [3.8, 4) is 0 Å². The molecule has 1 fully saturated rings. The van der Waals surface area contributed by atoms with E-state index in [2.05, 4.69) is 4.74 Å². The van der Waals surface area contributed by atoms with E-state index < -0.39 is 37.3 Å². The Balaban J connectivity index is 2.58. The monoisotopic (exact) mass is 180 g/mol. The van der Waals surface area contributed by atoms with Gasteiger partial charge in [-0.2, -0.15) is 0 Å². The molecule has 0 aliphatic carbocycles. The molecule has 0 amide bonds. The maximum absolute atomic E-state index is 9.12. The molecule has 0 saturated carbocycles. The van der Waals surface area contributed by atoms with E-state index in [-0.39, 0.29) is 0 Å². The van der Waals surface area contributed by atoms with Crippen molar-refractivity contribution < 1.29 is 30.3 Å². The first kappa shape index (κ1) is 9.85. The third-order valence-corrected chi connectivity index (χ3v) is 1.84. The summed E-state index contributed by atoms with van der Waals surface area (Å²) in [6.45, 7) is -0.596. The van der Waals surface area contributed by atoms with Crippen molar-refractivity contribution in [1.29, 1.82) is 0 Å². The smallest absolute Gasteiger partial charge is 0.184 e. The van der Waals surface area contributed by atoms with E-state index >= 15 is 0 Å². The lowest BCUT2D eigenvalue weighted by molar-refractivity contribution is -0.150. The summed E-state index contributed by atoms with van der Waals surface area (Å²) < 4.78 is 4.58. The second-order valence-electron chi connectivity index (χ2n) is 2.72. The fraction of sp³-hybridized carbons (Fsp3) is 1.00. The highest BCUT2D eigenvalue weighted by Crippen LogP contribution is 2.21. The molecule has 5 atom stereocenters. The van der Waals surface area contributed by atoms with Crippen molar-refractivity contribution in [1.82, 2.24) is 0 Å². The van der Waals surface area contributed by atoms with Crippen LogP contribution >= 0.6 is 0 Å². The third-order valence-electron chi connectivity index (χ3n) is 1.84.